The van der Waals surface area contributed by atoms with Gasteiger partial charge in [0.05, 0.1) is 12.3 Å². The molecule has 124 valence electrons. The third kappa shape index (κ3) is 2.66. The average Bonchev–Trinajstić information content (AvgIpc) is 2.67. The smallest absolute Gasteiger partial charge is 0.255 e. The number of fused-ring (bicyclic) bond motifs is 2. The lowest BCUT2D eigenvalue weighted by atomic mass is 10.1. The van der Waals surface area contributed by atoms with E-state index in [9.17, 15) is 9.90 Å². The van der Waals surface area contributed by atoms with Crippen LogP contribution in [0.3, 0.4) is 0 Å². The van der Waals surface area contributed by atoms with Gasteiger partial charge in [0.25, 0.3) is 5.56 Å². The molecular weight excluding hydrogens is 312 g/mol. The van der Waals surface area contributed by atoms with Crippen LogP contribution in [0.1, 0.15) is 0 Å². The first kappa shape index (κ1) is 15.4. The molecule has 0 unspecified atom stereocenters. The Kier molecular flexibility index (Phi) is 3.96. The summed E-state index contributed by atoms with van der Waals surface area (Å²) in [4.78, 5) is 17.0. The molecule has 0 radical (unpaired) electrons. The molecule has 0 atom stereocenters. The van der Waals surface area contributed by atoms with Crippen LogP contribution in [0, 0.1) is 0 Å². The minimum Gasteiger partial charge on any atom is -0.395 e. The molecule has 0 spiro atoms. The number of aromatic nitrogens is 1. The fraction of sp³-hybridized carbons (Fsp3) is 0.0952. The Labute approximate surface area is 145 Å². The number of nitrogens with zero attached hydrogens (tertiary/aromatic N) is 1. The highest BCUT2D eigenvalue weighted by molar-refractivity contribution is 6.01. The molecule has 4 heteroatoms. The second-order valence-corrected chi connectivity index (χ2v) is 5.92. The van der Waals surface area contributed by atoms with E-state index in [-0.39, 0.29) is 12.2 Å². The van der Waals surface area contributed by atoms with E-state index in [1.165, 1.54) is 0 Å². The van der Waals surface area contributed by atoms with Crippen LogP contribution in [-0.2, 0) is 0 Å². The molecule has 25 heavy (non-hydrogen) atoms. The molecule has 4 aromatic rings. The van der Waals surface area contributed by atoms with Crippen molar-refractivity contribution in [3.05, 3.63) is 83.3 Å². The van der Waals surface area contributed by atoms with E-state index in [2.05, 4.69) is 28.1 Å². The summed E-state index contributed by atoms with van der Waals surface area (Å²) in [6.07, 6.45) is 1.72. The van der Waals surface area contributed by atoms with E-state index in [1.807, 2.05) is 48.5 Å². The molecule has 0 aliphatic rings. The molecule has 4 rings (SSSR count). The highest BCUT2D eigenvalue weighted by Crippen LogP contribution is 2.34. The Balaban J connectivity index is 2.00. The molecule has 3 aromatic carbocycles. The maximum absolute atomic E-state index is 12.1. The number of hydrogen-bond donors (Lipinski definition) is 2. The first-order valence-electron chi connectivity index (χ1n) is 8.26. The molecule has 0 saturated carbocycles. The highest BCUT2D eigenvalue weighted by atomic mass is 16.3. The van der Waals surface area contributed by atoms with Crippen LogP contribution < -0.4 is 10.5 Å². The summed E-state index contributed by atoms with van der Waals surface area (Å²) < 4.78 is 0. The summed E-state index contributed by atoms with van der Waals surface area (Å²) in [5.41, 5.74) is 1.77. The van der Waals surface area contributed by atoms with Gasteiger partial charge >= 0.3 is 0 Å². The second kappa shape index (κ2) is 6.42. The predicted molar refractivity (Wildman–Crippen MR) is 103 cm³/mol. The quantitative estimate of drug-likeness (QED) is 0.598. The summed E-state index contributed by atoms with van der Waals surface area (Å²) >= 11 is 0. The molecule has 4 nitrogen and oxygen atoms in total. The Morgan fingerprint density at radius 3 is 2.28 bits per heavy atom. The summed E-state index contributed by atoms with van der Waals surface area (Å²) in [5.74, 6) is 0. The van der Waals surface area contributed by atoms with Crippen molar-refractivity contribution in [2.75, 3.05) is 18.1 Å². The second-order valence-electron chi connectivity index (χ2n) is 5.92. The van der Waals surface area contributed by atoms with Crippen molar-refractivity contribution in [1.82, 2.24) is 4.98 Å². The van der Waals surface area contributed by atoms with Crippen molar-refractivity contribution in [1.29, 1.82) is 0 Å². The van der Waals surface area contributed by atoms with E-state index in [1.54, 1.807) is 6.20 Å². The van der Waals surface area contributed by atoms with E-state index < -0.39 is 0 Å². The number of rotatable bonds is 4. The lowest BCUT2D eigenvalue weighted by molar-refractivity contribution is 0.306. The number of nitrogens with one attached hydrogen (secondary N) is 1. The molecule has 2 N–H and O–H groups in total. The lowest BCUT2D eigenvalue weighted by Crippen LogP contribution is -2.23. The first-order chi connectivity index (χ1) is 12.3. The van der Waals surface area contributed by atoms with Gasteiger partial charge in [0.1, 0.15) is 0 Å². The van der Waals surface area contributed by atoms with Crippen LogP contribution in [0.5, 0.6) is 0 Å². The Morgan fingerprint density at radius 1 is 0.800 bits per heavy atom. The van der Waals surface area contributed by atoms with Crippen molar-refractivity contribution < 1.29 is 5.11 Å². The Bertz CT molecular complexity index is 1100. The van der Waals surface area contributed by atoms with E-state index in [0.29, 0.717) is 11.9 Å². The highest BCUT2D eigenvalue weighted by Gasteiger charge is 2.15. The van der Waals surface area contributed by atoms with Crippen LogP contribution in [0.15, 0.2) is 77.7 Å². The van der Waals surface area contributed by atoms with Crippen molar-refractivity contribution in [3.8, 4) is 0 Å². The number of benzene rings is 3. The van der Waals surface area contributed by atoms with Gasteiger partial charge in [-0.15, -0.1) is 0 Å². The van der Waals surface area contributed by atoms with Crippen molar-refractivity contribution in [3.63, 3.8) is 0 Å². The standard InChI is InChI=1S/C21H18N2O2/c24-13-12-23(19-11-5-7-15-6-1-2-8-16(15)19)20-14-22-21(25)18-10-4-3-9-17(18)20/h1-11,14,24H,12-13H2,(H,22,25). The molecule has 0 aliphatic carbocycles. The molecular formula is C21H18N2O2. The number of aromatic amines is 1. The topological polar surface area (TPSA) is 56.3 Å². The summed E-state index contributed by atoms with van der Waals surface area (Å²) in [6.45, 7) is 0.445. The van der Waals surface area contributed by atoms with Gasteiger partial charge in [-0.3, -0.25) is 4.79 Å². The molecule has 0 amide bonds. The van der Waals surface area contributed by atoms with Crippen LogP contribution in [0.2, 0.25) is 0 Å². The van der Waals surface area contributed by atoms with Gasteiger partial charge < -0.3 is 15.0 Å². The van der Waals surface area contributed by atoms with Crippen LogP contribution in [-0.4, -0.2) is 23.2 Å². The van der Waals surface area contributed by atoms with Gasteiger partial charge in [0, 0.05) is 34.6 Å². The number of anilines is 2. The number of aliphatic hydroxyl groups is 1. The number of hydrogen-bond acceptors (Lipinski definition) is 3. The van der Waals surface area contributed by atoms with Gasteiger partial charge in [0.2, 0.25) is 0 Å². The predicted octanol–water partition coefficient (Wildman–Crippen LogP) is 3.81. The third-order valence-corrected chi connectivity index (χ3v) is 4.46. The van der Waals surface area contributed by atoms with Crippen molar-refractivity contribution in [2.24, 2.45) is 0 Å². The molecule has 1 heterocycles. The fourth-order valence-corrected chi connectivity index (χ4v) is 3.33. The first-order valence-corrected chi connectivity index (χ1v) is 8.26. The summed E-state index contributed by atoms with van der Waals surface area (Å²) in [5, 5.41) is 13.4. The summed E-state index contributed by atoms with van der Waals surface area (Å²) in [6, 6.07) is 21.8. The van der Waals surface area contributed by atoms with Crippen LogP contribution in [0.4, 0.5) is 11.4 Å². The monoisotopic (exact) mass is 330 g/mol. The maximum Gasteiger partial charge on any atom is 0.255 e. The van der Waals surface area contributed by atoms with Crippen LogP contribution >= 0.6 is 0 Å². The van der Waals surface area contributed by atoms with E-state index >= 15 is 0 Å². The molecule has 0 bridgehead atoms. The molecule has 1 aromatic heterocycles. The number of H-pyrrole nitrogens is 1. The van der Waals surface area contributed by atoms with Gasteiger partial charge in [-0.25, -0.2) is 0 Å². The maximum atomic E-state index is 12.1. The minimum atomic E-state index is -0.110. The zero-order valence-corrected chi connectivity index (χ0v) is 13.6. The van der Waals surface area contributed by atoms with Crippen molar-refractivity contribution >= 4 is 32.9 Å². The molecule has 0 saturated heterocycles. The lowest BCUT2D eigenvalue weighted by Gasteiger charge is -2.26. The average molecular weight is 330 g/mol. The third-order valence-electron chi connectivity index (χ3n) is 4.46. The SMILES string of the molecule is O=c1[nH]cc(N(CCO)c2cccc3ccccc23)c2ccccc12. The van der Waals surface area contributed by atoms with Crippen LogP contribution in [0.25, 0.3) is 21.5 Å². The number of pyridine rings is 1. The van der Waals surface area contributed by atoms with Gasteiger partial charge in [-0.1, -0.05) is 54.6 Å². The Morgan fingerprint density at radius 2 is 1.48 bits per heavy atom. The zero-order chi connectivity index (χ0) is 17.2. The number of aliphatic hydroxyl groups excluding tert-OH is 1. The fourth-order valence-electron chi connectivity index (χ4n) is 3.33. The molecule has 0 aliphatic heterocycles. The van der Waals surface area contributed by atoms with Gasteiger partial charge in [-0.2, -0.15) is 0 Å². The normalized spacial score (nSPS) is 11.1. The zero-order valence-electron chi connectivity index (χ0n) is 13.6. The largest absolute Gasteiger partial charge is 0.395 e. The molecule has 0 fully saturated rings. The Hall–Kier alpha value is -3.11. The summed E-state index contributed by atoms with van der Waals surface area (Å²) in [7, 11) is 0. The van der Waals surface area contributed by atoms with E-state index in [0.717, 1.165) is 27.5 Å². The van der Waals surface area contributed by atoms with Gasteiger partial charge in [0.15, 0.2) is 0 Å². The van der Waals surface area contributed by atoms with Crippen molar-refractivity contribution in [2.45, 2.75) is 0 Å². The minimum absolute atomic E-state index is 0.0106. The van der Waals surface area contributed by atoms with Gasteiger partial charge in [-0.05, 0) is 17.5 Å². The van der Waals surface area contributed by atoms with E-state index in [4.69, 9.17) is 0 Å².